The Hall–Kier alpha value is -0.850. The van der Waals surface area contributed by atoms with Crippen LogP contribution in [0.15, 0.2) is 0 Å². The molecular formula is C20H36ClN3O3. The van der Waals surface area contributed by atoms with Crippen LogP contribution in [0.3, 0.4) is 0 Å². The van der Waals surface area contributed by atoms with Crippen LogP contribution in [0.5, 0.6) is 0 Å². The van der Waals surface area contributed by atoms with Crippen molar-refractivity contribution in [2.45, 2.75) is 64.5 Å². The van der Waals surface area contributed by atoms with Crippen molar-refractivity contribution in [1.29, 1.82) is 0 Å². The molecule has 7 heteroatoms. The minimum absolute atomic E-state index is 0. The van der Waals surface area contributed by atoms with Crippen LogP contribution in [0.2, 0.25) is 0 Å². The van der Waals surface area contributed by atoms with E-state index in [1.165, 1.54) is 6.42 Å². The zero-order chi connectivity index (χ0) is 18.7. The topological polar surface area (TPSA) is 84.7 Å². The lowest BCUT2D eigenvalue weighted by molar-refractivity contribution is -0.141. The molecule has 27 heavy (non-hydrogen) atoms. The van der Waals surface area contributed by atoms with Gasteiger partial charge in [0.05, 0.1) is 12.0 Å². The summed E-state index contributed by atoms with van der Waals surface area (Å²) < 4.78 is 5.48. The number of nitrogens with zero attached hydrogens (tertiary/aromatic N) is 1. The Labute approximate surface area is 169 Å². The molecule has 4 atom stereocenters. The lowest BCUT2D eigenvalue weighted by atomic mass is 9.83. The molecule has 1 aliphatic heterocycles. The zero-order valence-electron chi connectivity index (χ0n) is 16.7. The van der Waals surface area contributed by atoms with E-state index in [0.29, 0.717) is 38.1 Å². The van der Waals surface area contributed by atoms with E-state index in [2.05, 4.69) is 5.32 Å². The maximum atomic E-state index is 12.9. The molecule has 1 saturated heterocycles. The summed E-state index contributed by atoms with van der Waals surface area (Å²) in [5, 5.41) is 3.01. The molecular weight excluding hydrogens is 366 g/mol. The normalized spacial score (nSPS) is 30.4. The van der Waals surface area contributed by atoms with Gasteiger partial charge in [0.25, 0.3) is 0 Å². The Bertz CT molecular complexity index is 507. The lowest BCUT2D eigenvalue weighted by Crippen LogP contribution is -2.50. The molecule has 3 N–H and O–H groups in total. The standard InChI is InChI=1S/C20H35N3O3.ClH/c1-13(2)26-11-3-8-22-19(24)14-6-9-23(10-7-14)20(25)17-15-4-5-16(12-15)18(17)21;/h13-18H,3-12,21H2,1-2H3,(H,22,24);1H. The van der Waals surface area contributed by atoms with Gasteiger partial charge in [-0.2, -0.15) is 0 Å². The highest BCUT2D eigenvalue weighted by molar-refractivity contribution is 5.85. The van der Waals surface area contributed by atoms with Crippen LogP contribution in [0.1, 0.15) is 52.4 Å². The van der Waals surface area contributed by atoms with E-state index in [0.717, 1.165) is 32.1 Å². The van der Waals surface area contributed by atoms with Crippen LogP contribution < -0.4 is 11.1 Å². The average molecular weight is 402 g/mol. The molecule has 2 saturated carbocycles. The van der Waals surface area contributed by atoms with Crippen molar-refractivity contribution in [3.8, 4) is 0 Å². The first kappa shape index (κ1) is 22.4. The Balaban J connectivity index is 0.00000261. The van der Waals surface area contributed by atoms with Crippen LogP contribution in [0.4, 0.5) is 0 Å². The number of hydrogen-bond donors (Lipinski definition) is 2. The third-order valence-electron chi connectivity index (χ3n) is 6.51. The van der Waals surface area contributed by atoms with Crippen molar-refractivity contribution >= 4 is 24.2 Å². The molecule has 0 aromatic rings. The van der Waals surface area contributed by atoms with Gasteiger partial charge in [0.1, 0.15) is 0 Å². The number of likely N-dealkylation sites (tertiary alicyclic amines) is 1. The van der Waals surface area contributed by atoms with Crippen LogP contribution >= 0.6 is 12.4 Å². The quantitative estimate of drug-likeness (QED) is 0.638. The molecule has 2 amide bonds. The SMILES string of the molecule is CC(C)OCCCNC(=O)C1CCN(C(=O)C2C3CCC(C3)C2N)CC1.Cl. The summed E-state index contributed by atoms with van der Waals surface area (Å²) in [5.74, 6) is 1.47. The van der Waals surface area contributed by atoms with Crippen molar-refractivity contribution < 1.29 is 14.3 Å². The van der Waals surface area contributed by atoms with Crippen molar-refractivity contribution in [2.75, 3.05) is 26.2 Å². The minimum atomic E-state index is 0. The number of carbonyl (C=O) groups is 2. The Morgan fingerprint density at radius 2 is 1.81 bits per heavy atom. The molecule has 4 unspecified atom stereocenters. The first-order valence-electron chi connectivity index (χ1n) is 10.4. The lowest BCUT2D eigenvalue weighted by Gasteiger charge is -2.36. The van der Waals surface area contributed by atoms with Gasteiger partial charge in [-0.1, -0.05) is 0 Å². The molecule has 3 rings (SSSR count). The zero-order valence-corrected chi connectivity index (χ0v) is 17.5. The van der Waals surface area contributed by atoms with Crippen LogP contribution in [-0.4, -0.2) is 55.1 Å². The molecule has 0 aromatic heterocycles. The van der Waals surface area contributed by atoms with Crippen molar-refractivity contribution in [3.05, 3.63) is 0 Å². The molecule has 0 aromatic carbocycles. The predicted octanol–water partition coefficient (Wildman–Crippen LogP) is 1.95. The van der Waals surface area contributed by atoms with Gasteiger partial charge in [0, 0.05) is 38.2 Å². The van der Waals surface area contributed by atoms with Gasteiger partial charge in [0.15, 0.2) is 0 Å². The summed E-state index contributed by atoms with van der Waals surface area (Å²) in [4.78, 5) is 27.2. The van der Waals surface area contributed by atoms with Crippen LogP contribution in [0, 0.1) is 23.7 Å². The number of nitrogens with two attached hydrogens (primary N) is 1. The number of fused-ring (bicyclic) bond motifs is 2. The van der Waals surface area contributed by atoms with Crippen molar-refractivity contribution in [2.24, 2.45) is 29.4 Å². The molecule has 3 aliphatic rings. The number of hydrogen-bond acceptors (Lipinski definition) is 4. The largest absolute Gasteiger partial charge is 0.379 e. The van der Waals surface area contributed by atoms with E-state index in [1.54, 1.807) is 0 Å². The molecule has 6 nitrogen and oxygen atoms in total. The summed E-state index contributed by atoms with van der Waals surface area (Å²) in [7, 11) is 0. The number of carbonyl (C=O) groups excluding carboxylic acids is 2. The monoisotopic (exact) mass is 401 g/mol. The Morgan fingerprint density at radius 1 is 1.15 bits per heavy atom. The molecule has 156 valence electrons. The maximum absolute atomic E-state index is 12.9. The van der Waals surface area contributed by atoms with E-state index < -0.39 is 0 Å². The molecule has 3 fully saturated rings. The number of rotatable bonds is 7. The fraction of sp³-hybridized carbons (Fsp3) is 0.900. The second-order valence-electron chi connectivity index (χ2n) is 8.60. The second kappa shape index (κ2) is 10.1. The van der Waals surface area contributed by atoms with Gasteiger partial charge < -0.3 is 20.7 Å². The summed E-state index contributed by atoms with van der Waals surface area (Å²) in [6.07, 6.45) is 6.08. The first-order chi connectivity index (χ1) is 12.5. The van der Waals surface area contributed by atoms with E-state index >= 15 is 0 Å². The van der Waals surface area contributed by atoms with Gasteiger partial charge in [-0.25, -0.2) is 0 Å². The van der Waals surface area contributed by atoms with Crippen molar-refractivity contribution in [1.82, 2.24) is 10.2 Å². The van der Waals surface area contributed by atoms with Crippen LogP contribution in [-0.2, 0) is 14.3 Å². The highest BCUT2D eigenvalue weighted by Crippen LogP contribution is 2.48. The number of ether oxygens (including phenoxy) is 1. The van der Waals surface area contributed by atoms with Crippen molar-refractivity contribution in [3.63, 3.8) is 0 Å². The maximum Gasteiger partial charge on any atom is 0.227 e. The highest BCUT2D eigenvalue weighted by atomic mass is 35.5. The van der Waals surface area contributed by atoms with Gasteiger partial charge in [0.2, 0.25) is 11.8 Å². The average Bonchev–Trinajstić information content (AvgIpc) is 3.22. The Morgan fingerprint density at radius 3 is 2.41 bits per heavy atom. The van der Waals surface area contributed by atoms with Gasteiger partial charge in [-0.3, -0.25) is 9.59 Å². The summed E-state index contributed by atoms with van der Waals surface area (Å²) >= 11 is 0. The molecule has 2 bridgehead atoms. The fourth-order valence-corrected chi connectivity index (χ4v) is 5.02. The number of piperidine rings is 1. The minimum Gasteiger partial charge on any atom is -0.379 e. The predicted molar refractivity (Wildman–Crippen MR) is 108 cm³/mol. The van der Waals surface area contributed by atoms with Gasteiger partial charge in [-0.05, 0) is 64.2 Å². The molecule has 1 heterocycles. The first-order valence-corrected chi connectivity index (χ1v) is 10.4. The summed E-state index contributed by atoms with van der Waals surface area (Å²) in [6.45, 7) is 6.73. The number of halogens is 1. The molecule has 0 spiro atoms. The smallest absolute Gasteiger partial charge is 0.227 e. The van der Waals surface area contributed by atoms with E-state index in [4.69, 9.17) is 10.5 Å². The number of nitrogens with one attached hydrogen (secondary N) is 1. The van der Waals surface area contributed by atoms with Gasteiger partial charge >= 0.3 is 0 Å². The third kappa shape index (κ3) is 5.36. The Kier molecular flexibility index (Phi) is 8.38. The van der Waals surface area contributed by atoms with Gasteiger partial charge in [-0.15, -0.1) is 12.4 Å². The number of amides is 2. The summed E-state index contributed by atoms with van der Waals surface area (Å²) in [6, 6.07) is 0.0512. The highest BCUT2D eigenvalue weighted by Gasteiger charge is 2.50. The fourth-order valence-electron chi connectivity index (χ4n) is 5.02. The summed E-state index contributed by atoms with van der Waals surface area (Å²) in [5.41, 5.74) is 6.32. The van der Waals surface area contributed by atoms with Crippen LogP contribution in [0.25, 0.3) is 0 Å². The van der Waals surface area contributed by atoms with E-state index in [-0.39, 0.29) is 48.2 Å². The molecule has 0 radical (unpaired) electrons. The molecule has 2 aliphatic carbocycles. The second-order valence-corrected chi connectivity index (χ2v) is 8.60. The van der Waals surface area contributed by atoms with E-state index in [1.807, 2.05) is 18.7 Å². The third-order valence-corrected chi connectivity index (χ3v) is 6.51. The van der Waals surface area contributed by atoms with E-state index in [9.17, 15) is 9.59 Å².